The minimum absolute atomic E-state index is 0.0715. The molecule has 120 valence electrons. The lowest BCUT2D eigenvalue weighted by molar-refractivity contribution is 0.0951. The summed E-state index contributed by atoms with van der Waals surface area (Å²) < 4.78 is 0. The van der Waals surface area contributed by atoms with Crippen LogP contribution in [0.15, 0.2) is 66.9 Å². The lowest BCUT2D eigenvalue weighted by Crippen LogP contribution is -2.23. The number of hydrogen-bond donors (Lipinski definition) is 1. The molecule has 2 aromatic carbocycles. The average Bonchev–Trinajstić information content (AvgIpc) is 2.60. The van der Waals surface area contributed by atoms with E-state index in [1.54, 1.807) is 6.20 Å². The molecule has 0 spiro atoms. The highest BCUT2D eigenvalue weighted by Gasteiger charge is 2.09. The molecule has 3 rings (SSSR count). The largest absolute Gasteiger partial charge is 0.348 e. The minimum Gasteiger partial charge on any atom is -0.348 e. The maximum Gasteiger partial charge on any atom is 0.251 e. The number of nitrogens with zero attached hydrogens (tertiary/aromatic N) is 1. The van der Waals surface area contributed by atoms with Gasteiger partial charge in [0.05, 0.1) is 5.69 Å². The number of pyridine rings is 1. The second-order valence-corrected chi connectivity index (χ2v) is 5.93. The second-order valence-electron chi connectivity index (χ2n) is 5.93. The summed E-state index contributed by atoms with van der Waals surface area (Å²) >= 11 is 0. The smallest absolute Gasteiger partial charge is 0.251 e. The van der Waals surface area contributed by atoms with Gasteiger partial charge in [-0.3, -0.25) is 9.78 Å². The van der Waals surface area contributed by atoms with Crippen LogP contribution in [0.4, 0.5) is 0 Å². The van der Waals surface area contributed by atoms with Crippen molar-refractivity contribution in [1.82, 2.24) is 10.3 Å². The van der Waals surface area contributed by atoms with Crippen molar-refractivity contribution in [2.75, 3.05) is 0 Å². The fourth-order valence-electron chi connectivity index (χ4n) is 2.70. The molecule has 1 aromatic heterocycles. The zero-order chi connectivity index (χ0) is 16.9. The maximum absolute atomic E-state index is 12.3. The summed E-state index contributed by atoms with van der Waals surface area (Å²) in [5, 5.41) is 2.99. The number of rotatable bonds is 4. The standard InChI is InChI=1S/C21H20N2O/c1-15-6-3-8-17(12-15)20-19(10-5-11-22-20)14-23-21(24)18-9-4-7-16(2)13-18/h3-13H,14H2,1-2H3,(H,23,24). The highest BCUT2D eigenvalue weighted by Crippen LogP contribution is 2.22. The Hall–Kier alpha value is -2.94. The summed E-state index contributed by atoms with van der Waals surface area (Å²) in [5.41, 5.74) is 5.92. The Labute approximate surface area is 142 Å². The van der Waals surface area contributed by atoms with Crippen LogP contribution < -0.4 is 5.32 Å². The number of aromatic nitrogens is 1. The van der Waals surface area contributed by atoms with Crippen LogP contribution in [0, 0.1) is 13.8 Å². The first-order chi connectivity index (χ1) is 11.6. The van der Waals surface area contributed by atoms with Gasteiger partial charge in [0.1, 0.15) is 0 Å². The molecule has 1 N–H and O–H groups in total. The van der Waals surface area contributed by atoms with Gasteiger partial charge in [-0.15, -0.1) is 0 Å². The second kappa shape index (κ2) is 7.09. The Morgan fingerprint density at radius 3 is 2.46 bits per heavy atom. The normalized spacial score (nSPS) is 10.4. The van der Waals surface area contributed by atoms with Crippen molar-refractivity contribution in [1.29, 1.82) is 0 Å². The third kappa shape index (κ3) is 3.69. The van der Waals surface area contributed by atoms with Gasteiger partial charge in [0.25, 0.3) is 5.91 Å². The number of benzene rings is 2. The molecular formula is C21H20N2O. The Morgan fingerprint density at radius 2 is 1.71 bits per heavy atom. The van der Waals surface area contributed by atoms with E-state index in [2.05, 4.69) is 29.4 Å². The van der Waals surface area contributed by atoms with Gasteiger partial charge in [-0.2, -0.15) is 0 Å². The number of carbonyl (C=O) groups excluding carboxylic acids is 1. The summed E-state index contributed by atoms with van der Waals surface area (Å²) in [6.45, 7) is 4.49. The van der Waals surface area contributed by atoms with Gasteiger partial charge in [-0.1, -0.05) is 47.5 Å². The molecule has 0 atom stereocenters. The van der Waals surface area contributed by atoms with Crippen molar-refractivity contribution in [3.05, 3.63) is 89.1 Å². The van der Waals surface area contributed by atoms with Crippen molar-refractivity contribution in [3.63, 3.8) is 0 Å². The first-order valence-electron chi connectivity index (χ1n) is 7.99. The summed E-state index contributed by atoms with van der Waals surface area (Å²) in [6.07, 6.45) is 1.78. The van der Waals surface area contributed by atoms with E-state index in [9.17, 15) is 4.79 Å². The Morgan fingerprint density at radius 1 is 0.958 bits per heavy atom. The van der Waals surface area contributed by atoms with Crippen molar-refractivity contribution in [2.24, 2.45) is 0 Å². The van der Waals surface area contributed by atoms with Crippen LogP contribution in [0.5, 0.6) is 0 Å². The fraction of sp³-hybridized carbons (Fsp3) is 0.143. The van der Waals surface area contributed by atoms with Gasteiger partial charge >= 0.3 is 0 Å². The molecule has 0 aliphatic carbocycles. The van der Waals surface area contributed by atoms with Gasteiger partial charge < -0.3 is 5.32 Å². The van der Waals surface area contributed by atoms with E-state index in [4.69, 9.17) is 0 Å². The third-order valence-electron chi connectivity index (χ3n) is 3.90. The molecule has 1 amide bonds. The molecule has 24 heavy (non-hydrogen) atoms. The van der Waals surface area contributed by atoms with Crippen molar-refractivity contribution >= 4 is 5.91 Å². The maximum atomic E-state index is 12.3. The van der Waals surface area contributed by atoms with Gasteiger partial charge in [-0.05, 0) is 43.7 Å². The minimum atomic E-state index is -0.0715. The number of carbonyl (C=O) groups is 1. The highest BCUT2D eigenvalue weighted by atomic mass is 16.1. The van der Waals surface area contributed by atoms with Crippen molar-refractivity contribution < 1.29 is 4.79 Å². The van der Waals surface area contributed by atoms with E-state index in [1.165, 1.54) is 5.56 Å². The number of hydrogen-bond acceptors (Lipinski definition) is 2. The van der Waals surface area contributed by atoms with E-state index < -0.39 is 0 Å². The Kier molecular flexibility index (Phi) is 4.71. The van der Waals surface area contributed by atoms with Gasteiger partial charge in [0.2, 0.25) is 0 Å². The van der Waals surface area contributed by atoms with Gasteiger partial charge in [-0.25, -0.2) is 0 Å². The lowest BCUT2D eigenvalue weighted by Gasteiger charge is -2.11. The molecule has 3 aromatic rings. The molecule has 0 saturated heterocycles. The molecule has 0 aliphatic rings. The quantitative estimate of drug-likeness (QED) is 0.780. The summed E-state index contributed by atoms with van der Waals surface area (Å²) in [5.74, 6) is -0.0715. The molecule has 1 heterocycles. The highest BCUT2D eigenvalue weighted by molar-refractivity contribution is 5.94. The van der Waals surface area contributed by atoms with Crippen LogP contribution in [0.3, 0.4) is 0 Å². The van der Waals surface area contributed by atoms with Gasteiger partial charge in [0, 0.05) is 23.9 Å². The SMILES string of the molecule is Cc1cccc(C(=O)NCc2cccnc2-c2cccc(C)c2)c1. The molecular weight excluding hydrogens is 296 g/mol. The lowest BCUT2D eigenvalue weighted by atomic mass is 10.0. The predicted octanol–water partition coefficient (Wildman–Crippen LogP) is 4.30. The molecule has 0 radical (unpaired) electrons. The average molecular weight is 316 g/mol. The molecule has 0 saturated carbocycles. The van der Waals surface area contributed by atoms with Crippen LogP contribution in [0.25, 0.3) is 11.3 Å². The van der Waals surface area contributed by atoms with Crippen LogP contribution in [0.2, 0.25) is 0 Å². The third-order valence-corrected chi connectivity index (χ3v) is 3.90. The van der Waals surface area contributed by atoms with E-state index in [0.29, 0.717) is 12.1 Å². The van der Waals surface area contributed by atoms with Crippen LogP contribution in [-0.2, 0) is 6.54 Å². The summed E-state index contributed by atoms with van der Waals surface area (Å²) in [4.78, 5) is 16.8. The van der Waals surface area contributed by atoms with E-state index >= 15 is 0 Å². The van der Waals surface area contributed by atoms with Crippen molar-refractivity contribution in [2.45, 2.75) is 20.4 Å². The first-order valence-corrected chi connectivity index (χ1v) is 7.99. The topological polar surface area (TPSA) is 42.0 Å². The van der Waals surface area contributed by atoms with Crippen LogP contribution >= 0.6 is 0 Å². The monoisotopic (exact) mass is 316 g/mol. The number of aryl methyl sites for hydroxylation is 2. The number of amides is 1. The van der Waals surface area contributed by atoms with Gasteiger partial charge in [0.15, 0.2) is 0 Å². The first kappa shape index (κ1) is 15.9. The summed E-state index contributed by atoms with van der Waals surface area (Å²) in [7, 11) is 0. The fourth-order valence-corrected chi connectivity index (χ4v) is 2.70. The Bertz CT molecular complexity index is 871. The van der Waals surface area contributed by atoms with E-state index in [0.717, 1.165) is 22.4 Å². The molecule has 0 bridgehead atoms. The zero-order valence-corrected chi connectivity index (χ0v) is 13.9. The Balaban J connectivity index is 1.80. The summed E-state index contributed by atoms with van der Waals surface area (Å²) in [6, 6.07) is 19.7. The van der Waals surface area contributed by atoms with Crippen molar-refractivity contribution in [3.8, 4) is 11.3 Å². The molecule has 3 heteroatoms. The van der Waals surface area contributed by atoms with Crippen LogP contribution in [-0.4, -0.2) is 10.9 Å². The van der Waals surface area contributed by atoms with E-state index in [-0.39, 0.29) is 5.91 Å². The number of nitrogens with one attached hydrogen (secondary N) is 1. The van der Waals surface area contributed by atoms with E-state index in [1.807, 2.05) is 55.5 Å². The zero-order valence-electron chi connectivity index (χ0n) is 13.9. The molecule has 3 nitrogen and oxygen atoms in total. The molecule has 0 aliphatic heterocycles. The molecule has 0 unspecified atom stereocenters. The van der Waals surface area contributed by atoms with Crippen LogP contribution in [0.1, 0.15) is 27.0 Å². The molecule has 0 fully saturated rings. The predicted molar refractivity (Wildman–Crippen MR) is 96.8 cm³/mol.